The summed E-state index contributed by atoms with van der Waals surface area (Å²) in [7, 11) is 0. The van der Waals surface area contributed by atoms with Gasteiger partial charge in [-0.25, -0.2) is 0 Å². The highest BCUT2D eigenvalue weighted by molar-refractivity contribution is 4.70. The van der Waals surface area contributed by atoms with Crippen molar-refractivity contribution in [1.82, 2.24) is 10.2 Å². The maximum atomic E-state index is 5.69. The number of unbranched alkanes of at least 4 members (excludes halogenated alkanes) is 1. The van der Waals surface area contributed by atoms with E-state index in [1.807, 2.05) is 0 Å². The molecular weight excluding hydrogens is 240 g/mol. The van der Waals surface area contributed by atoms with Crippen molar-refractivity contribution in [2.75, 3.05) is 52.5 Å². The van der Waals surface area contributed by atoms with E-state index in [2.05, 4.69) is 24.1 Å². The molecule has 1 aliphatic rings. The molecule has 4 nitrogen and oxygen atoms in total. The Balaban J connectivity index is 1.91. The minimum absolute atomic E-state index is 0.470. The Kier molecular flexibility index (Phi) is 10.4. The van der Waals surface area contributed by atoms with Crippen LogP contribution in [0, 0.1) is 0 Å². The summed E-state index contributed by atoms with van der Waals surface area (Å²) in [6.45, 7) is 12.4. The zero-order valence-electron chi connectivity index (χ0n) is 12.8. The highest BCUT2D eigenvalue weighted by atomic mass is 16.5. The van der Waals surface area contributed by atoms with Gasteiger partial charge < -0.3 is 14.8 Å². The molecule has 0 aromatic rings. The lowest BCUT2D eigenvalue weighted by Crippen LogP contribution is -2.37. The monoisotopic (exact) mass is 272 g/mol. The Bertz CT molecular complexity index is 197. The molecule has 1 fully saturated rings. The van der Waals surface area contributed by atoms with Crippen molar-refractivity contribution in [3.05, 3.63) is 0 Å². The fourth-order valence-electron chi connectivity index (χ4n) is 2.31. The molecule has 0 aromatic heterocycles. The average Bonchev–Trinajstić information content (AvgIpc) is 2.93. The molecular formula is C15H32N2O2. The van der Waals surface area contributed by atoms with Gasteiger partial charge in [-0.1, -0.05) is 20.3 Å². The van der Waals surface area contributed by atoms with E-state index in [9.17, 15) is 0 Å². The second-order valence-corrected chi connectivity index (χ2v) is 5.24. The van der Waals surface area contributed by atoms with Crippen LogP contribution in [0.2, 0.25) is 0 Å². The van der Waals surface area contributed by atoms with E-state index in [0.717, 1.165) is 52.5 Å². The van der Waals surface area contributed by atoms with Crippen molar-refractivity contribution in [2.24, 2.45) is 0 Å². The van der Waals surface area contributed by atoms with E-state index in [-0.39, 0.29) is 0 Å². The van der Waals surface area contributed by atoms with E-state index < -0.39 is 0 Å². The molecule has 0 bridgehead atoms. The number of ether oxygens (including phenoxy) is 2. The third kappa shape index (κ3) is 8.58. The highest BCUT2D eigenvalue weighted by Crippen LogP contribution is 2.12. The van der Waals surface area contributed by atoms with Crippen molar-refractivity contribution in [1.29, 1.82) is 0 Å². The predicted molar refractivity (Wildman–Crippen MR) is 79.7 cm³/mol. The number of hydrogen-bond donors (Lipinski definition) is 1. The van der Waals surface area contributed by atoms with Crippen LogP contribution in [0.5, 0.6) is 0 Å². The third-order valence-electron chi connectivity index (χ3n) is 3.60. The molecule has 1 heterocycles. The molecule has 1 unspecified atom stereocenters. The fraction of sp³-hybridized carbons (Fsp3) is 1.00. The van der Waals surface area contributed by atoms with Crippen LogP contribution in [-0.2, 0) is 9.47 Å². The van der Waals surface area contributed by atoms with Crippen molar-refractivity contribution in [3.8, 4) is 0 Å². The Morgan fingerprint density at radius 3 is 2.84 bits per heavy atom. The van der Waals surface area contributed by atoms with Crippen LogP contribution >= 0.6 is 0 Å². The van der Waals surface area contributed by atoms with E-state index in [4.69, 9.17) is 9.47 Å². The van der Waals surface area contributed by atoms with Crippen LogP contribution in [0.15, 0.2) is 0 Å². The van der Waals surface area contributed by atoms with Gasteiger partial charge in [-0.15, -0.1) is 0 Å². The van der Waals surface area contributed by atoms with Gasteiger partial charge in [-0.3, -0.25) is 4.90 Å². The van der Waals surface area contributed by atoms with E-state index in [1.54, 1.807) is 0 Å². The van der Waals surface area contributed by atoms with Gasteiger partial charge in [0.15, 0.2) is 0 Å². The van der Waals surface area contributed by atoms with Crippen molar-refractivity contribution in [2.45, 2.75) is 45.6 Å². The Morgan fingerprint density at radius 1 is 1.26 bits per heavy atom. The summed E-state index contributed by atoms with van der Waals surface area (Å²) in [6.07, 6.45) is 5.31. The molecule has 1 N–H and O–H groups in total. The van der Waals surface area contributed by atoms with Gasteiger partial charge in [0.2, 0.25) is 0 Å². The summed E-state index contributed by atoms with van der Waals surface area (Å²) in [6, 6.07) is 0. The summed E-state index contributed by atoms with van der Waals surface area (Å²) in [5.74, 6) is 0. The molecule has 0 spiro atoms. The number of nitrogens with one attached hydrogen (secondary N) is 1. The highest BCUT2D eigenvalue weighted by Gasteiger charge is 2.17. The van der Waals surface area contributed by atoms with Crippen molar-refractivity contribution < 1.29 is 9.47 Å². The second kappa shape index (κ2) is 11.6. The molecule has 1 rings (SSSR count). The molecule has 19 heavy (non-hydrogen) atoms. The van der Waals surface area contributed by atoms with Gasteiger partial charge in [0, 0.05) is 39.4 Å². The predicted octanol–water partition coefficient (Wildman–Crippen LogP) is 1.89. The quantitative estimate of drug-likeness (QED) is 0.550. The molecule has 1 aliphatic heterocycles. The standard InChI is InChI=1S/C15H32N2O2/c1-3-5-11-18-13-9-16-8-10-17(4-2)14-15-7-6-12-19-15/h15-16H,3-14H2,1-2H3. The summed E-state index contributed by atoms with van der Waals surface area (Å²) < 4.78 is 11.2. The molecule has 1 atom stereocenters. The van der Waals surface area contributed by atoms with Crippen LogP contribution in [-0.4, -0.2) is 63.5 Å². The number of likely N-dealkylation sites (N-methyl/N-ethyl adjacent to an activating group) is 1. The van der Waals surface area contributed by atoms with Crippen LogP contribution in [0.1, 0.15) is 39.5 Å². The lowest BCUT2D eigenvalue weighted by atomic mass is 10.2. The topological polar surface area (TPSA) is 33.7 Å². The van der Waals surface area contributed by atoms with Gasteiger partial charge in [-0.05, 0) is 25.8 Å². The Labute approximate surface area is 118 Å². The van der Waals surface area contributed by atoms with Gasteiger partial charge >= 0.3 is 0 Å². The number of rotatable bonds is 12. The van der Waals surface area contributed by atoms with E-state index >= 15 is 0 Å². The molecule has 4 heteroatoms. The smallest absolute Gasteiger partial charge is 0.0702 e. The average molecular weight is 272 g/mol. The van der Waals surface area contributed by atoms with Crippen LogP contribution in [0.3, 0.4) is 0 Å². The van der Waals surface area contributed by atoms with E-state index in [1.165, 1.54) is 25.7 Å². The van der Waals surface area contributed by atoms with Crippen molar-refractivity contribution >= 4 is 0 Å². The normalized spacial score (nSPS) is 19.4. The first-order chi connectivity index (χ1) is 9.36. The first-order valence-electron chi connectivity index (χ1n) is 7.99. The minimum Gasteiger partial charge on any atom is -0.380 e. The van der Waals surface area contributed by atoms with Gasteiger partial charge in [0.25, 0.3) is 0 Å². The van der Waals surface area contributed by atoms with Crippen molar-refractivity contribution in [3.63, 3.8) is 0 Å². The summed E-state index contributed by atoms with van der Waals surface area (Å²) in [5, 5.41) is 3.44. The third-order valence-corrected chi connectivity index (χ3v) is 3.60. The Hall–Kier alpha value is -0.160. The summed E-state index contributed by atoms with van der Waals surface area (Å²) >= 11 is 0. The molecule has 0 aromatic carbocycles. The lowest BCUT2D eigenvalue weighted by molar-refractivity contribution is 0.0747. The molecule has 0 aliphatic carbocycles. The minimum atomic E-state index is 0.470. The van der Waals surface area contributed by atoms with Gasteiger partial charge in [0.1, 0.15) is 0 Å². The second-order valence-electron chi connectivity index (χ2n) is 5.24. The molecule has 114 valence electrons. The summed E-state index contributed by atoms with van der Waals surface area (Å²) in [5.41, 5.74) is 0. The molecule has 0 saturated carbocycles. The lowest BCUT2D eigenvalue weighted by Gasteiger charge is -2.23. The number of hydrogen-bond acceptors (Lipinski definition) is 4. The fourth-order valence-corrected chi connectivity index (χ4v) is 2.31. The first-order valence-corrected chi connectivity index (χ1v) is 7.99. The Morgan fingerprint density at radius 2 is 2.16 bits per heavy atom. The molecule has 0 radical (unpaired) electrons. The van der Waals surface area contributed by atoms with E-state index in [0.29, 0.717) is 6.10 Å². The number of nitrogens with zero attached hydrogens (tertiary/aromatic N) is 1. The van der Waals surface area contributed by atoms with Gasteiger partial charge in [-0.2, -0.15) is 0 Å². The first kappa shape index (κ1) is 16.9. The van der Waals surface area contributed by atoms with Gasteiger partial charge in [0.05, 0.1) is 12.7 Å². The van der Waals surface area contributed by atoms with Crippen LogP contribution in [0.4, 0.5) is 0 Å². The van der Waals surface area contributed by atoms with Crippen LogP contribution < -0.4 is 5.32 Å². The molecule has 0 amide bonds. The maximum Gasteiger partial charge on any atom is 0.0702 e. The summed E-state index contributed by atoms with van der Waals surface area (Å²) in [4.78, 5) is 2.47. The largest absolute Gasteiger partial charge is 0.380 e. The maximum absolute atomic E-state index is 5.69. The molecule has 1 saturated heterocycles. The zero-order valence-corrected chi connectivity index (χ0v) is 12.8. The SMILES string of the molecule is CCCCOCCNCCN(CC)CC1CCCO1. The zero-order chi connectivity index (χ0) is 13.8. The van der Waals surface area contributed by atoms with Crippen LogP contribution in [0.25, 0.3) is 0 Å².